The molecule has 1 atom stereocenters. The van der Waals surface area contributed by atoms with Gasteiger partial charge in [0.25, 0.3) is 5.91 Å². The van der Waals surface area contributed by atoms with Gasteiger partial charge < -0.3 is 10.8 Å². The standard InChI is InChI=1S/C22H17FN6O2/c1-29-20(31)22(28-21(29)25,16-4-5-27-17(7-16)9-23)15-2-3-19(30)18(8-15)14-6-13(10-24)11-26-12-14/h2-8,11-12,30H,9H2,1H3,(H2,25,28). The van der Waals surface area contributed by atoms with Crippen molar-refractivity contribution >= 4 is 11.9 Å². The summed E-state index contributed by atoms with van der Waals surface area (Å²) in [5, 5.41) is 19.6. The van der Waals surface area contributed by atoms with Crippen LogP contribution in [0.2, 0.25) is 0 Å². The first kappa shape index (κ1) is 20.0. The van der Waals surface area contributed by atoms with E-state index in [4.69, 9.17) is 11.0 Å². The molecule has 3 heterocycles. The zero-order valence-electron chi connectivity index (χ0n) is 16.5. The van der Waals surface area contributed by atoms with Crippen molar-refractivity contribution < 1.29 is 14.3 Å². The van der Waals surface area contributed by atoms with Gasteiger partial charge in [0, 0.05) is 36.8 Å². The highest BCUT2D eigenvalue weighted by Gasteiger charge is 2.49. The topological polar surface area (TPSA) is 128 Å². The number of halogens is 1. The van der Waals surface area contributed by atoms with Crippen LogP contribution in [-0.4, -0.2) is 38.9 Å². The van der Waals surface area contributed by atoms with Crippen LogP contribution in [0.15, 0.2) is 60.0 Å². The number of phenolic OH excluding ortho intramolecular Hbond substituents is 1. The van der Waals surface area contributed by atoms with Crippen molar-refractivity contribution in [1.29, 1.82) is 5.26 Å². The maximum absolute atomic E-state index is 13.4. The van der Waals surface area contributed by atoms with E-state index in [0.717, 1.165) is 0 Å². The second-order valence-electron chi connectivity index (χ2n) is 7.02. The summed E-state index contributed by atoms with van der Waals surface area (Å²) in [6, 6.07) is 11.2. The van der Waals surface area contributed by atoms with Crippen molar-refractivity contribution in [2.75, 3.05) is 7.05 Å². The van der Waals surface area contributed by atoms with Gasteiger partial charge in [-0.15, -0.1) is 0 Å². The van der Waals surface area contributed by atoms with E-state index < -0.39 is 18.1 Å². The van der Waals surface area contributed by atoms with Crippen LogP contribution in [0.25, 0.3) is 11.1 Å². The lowest BCUT2D eigenvalue weighted by atomic mass is 9.81. The lowest BCUT2D eigenvalue weighted by molar-refractivity contribution is -0.129. The van der Waals surface area contributed by atoms with Crippen LogP contribution in [0.4, 0.5) is 4.39 Å². The molecule has 0 aliphatic carbocycles. The molecular formula is C22H17FN6O2. The Labute approximate surface area is 177 Å². The predicted molar refractivity (Wildman–Crippen MR) is 110 cm³/mol. The molecule has 9 heteroatoms. The number of alkyl halides is 1. The van der Waals surface area contributed by atoms with Gasteiger partial charge in [-0.2, -0.15) is 5.26 Å². The molecule has 1 aromatic carbocycles. The van der Waals surface area contributed by atoms with E-state index in [9.17, 15) is 14.3 Å². The van der Waals surface area contributed by atoms with Crippen molar-refractivity contribution in [3.8, 4) is 22.9 Å². The van der Waals surface area contributed by atoms with Crippen molar-refractivity contribution in [2.24, 2.45) is 10.7 Å². The van der Waals surface area contributed by atoms with Crippen molar-refractivity contribution in [3.63, 3.8) is 0 Å². The molecule has 31 heavy (non-hydrogen) atoms. The lowest BCUT2D eigenvalue weighted by Gasteiger charge is -2.27. The number of nitrogens with two attached hydrogens (primary N) is 1. The van der Waals surface area contributed by atoms with Crippen LogP contribution in [0, 0.1) is 11.3 Å². The molecule has 4 rings (SSSR count). The second kappa shape index (κ2) is 7.50. The Balaban J connectivity index is 1.97. The van der Waals surface area contributed by atoms with E-state index >= 15 is 0 Å². The van der Waals surface area contributed by atoms with E-state index in [2.05, 4.69) is 15.0 Å². The number of aliphatic imine (C=N–C) groups is 1. The fourth-order valence-corrected chi connectivity index (χ4v) is 3.60. The van der Waals surface area contributed by atoms with Gasteiger partial charge in [-0.05, 0) is 41.5 Å². The van der Waals surface area contributed by atoms with Gasteiger partial charge in [0.15, 0.2) is 11.5 Å². The van der Waals surface area contributed by atoms with Gasteiger partial charge in [0.1, 0.15) is 18.5 Å². The minimum absolute atomic E-state index is 0.00591. The molecule has 8 nitrogen and oxygen atoms in total. The molecule has 1 aliphatic heterocycles. The average Bonchev–Trinajstić information content (AvgIpc) is 3.04. The first-order chi connectivity index (χ1) is 14.9. The zero-order valence-corrected chi connectivity index (χ0v) is 16.5. The van der Waals surface area contributed by atoms with Gasteiger partial charge in [-0.3, -0.25) is 19.7 Å². The molecule has 3 aromatic rings. The predicted octanol–water partition coefficient (Wildman–Crippen LogP) is 2.22. The molecule has 0 saturated carbocycles. The number of rotatable bonds is 4. The molecule has 0 fully saturated rings. The first-order valence-corrected chi connectivity index (χ1v) is 9.24. The number of benzene rings is 1. The fourth-order valence-electron chi connectivity index (χ4n) is 3.60. The van der Waals surface area contributed by atoms with Crippen LogP contribution < -0.4 is 5.73 Å². The minimum Gasteiger partial charge on any atom is -0.507 e. The summed E-state index contributed by atoms with van der Waals surface area (Å²) < 4.78 is 13.3. The number of aromatic hydroxyl groups is 1. The Kier molecular flexibility index (Phi) is 4.83. The van der Waals surface area contributed by atoms with Gasteiger partial charge in [-0.1, -0.05) is 6.07 Å². The third-order valence-electron chi connectivity index (χ3n) is 5.20. The van der Waals surface area contributed by atoms with E-state index in [0.29, 0.717) is 27.8 Å². The maximum Gasteiger partial charge on any atom is 0.266 e. The highest BCUT2D eigenvalue weighted by molar-refractivity contribution is 6.09. The summed E-state index contributed by atoms with van der Waals surface area (Å²) >= 11 is 0. The van der Waals surface area contributed by atoms with Crippen LogP contribution in [0.1, 0.15) is 22.4 Å². The molecule has 1 unspecified atom stereocenters. The number of likely N-dealkylation sites (N-methyl/N-ethyl adjacent to an activating group) is 1. The molecule has 0 radical (unpaired) electrons. The number of hydrogen-bond donors (Lipinski definition) is 2. The summed E-state index contributed by atoms with van der Waals surface area (Å²) in [5.41, 5.74) is 6.53. The van der Waals surface area contributed by atoms with E-state index in [-0.39, 0.29) is 17.4 Å². The van der Waals surface area contributed by atoms with Crippen LogP contribution in [-0.2, 0) is 17.0 Å². The Hall–Kier alpha value is -4.32. The number of amides is 1. The zero-order chi connectivity index (χ0) is 22.2. The van der Waals surface area contributed by atoms with Gasteiger partial charge in [0.05, 0.1) is 11.3 Å². The van der Waals surface area contributed by atoms with E-state index in [1.807, 2.05) is 6.07 Å². The molecule has 1 aliphatic rings. The molecule has 0 spiro atoms. The smallest absolute Gasteiger partial charge is 0.266 e. The highest BCUT2D eigenvalue weighted by atomic mass is 19.1. The van der Waals surface area contributed by atoms with Gasteiger partial charge >= 0.3 is 0 Å². The summed E-state index contributed by atoms with van der Waals surface area (Å²) in [6.45, 7) is -0.805. The third-order valence-corrected chi connectivity index (χ3v) is 5.20. The Morgan fingerprint density at radius 1 is 1.23 bits per heavy atom. The van der Waals surface area contributed by atoms with Crippen molar-refractivity contribution in [1.82, 2.24) is 14.9 Å². The summed E-state index contributed by atoms with van der Waals surface area (Å²) in [6.07, 6.45) is 4.31. The normalized spacial score (nSPS) is 18.0. The number of pyridine rings is 2. The molecular weight excluding hydrogens is 399 g/mol. The number of carbonyl (C=O) groups is 1. The number of hydrogen-bond acceptors (Lipinski definition) is 7. The third kappa shape index (κ3) is 3.14. The fraction of sp³-hybridized carbons (Fsp3) is 0.136. The largest absolute Gasteiger partial charge is 0.507 e. The van der Waals surface area contributed by atoms with E-state index in [1.54, 1.807) is 24.3 Å². The summed E-state index contributed by atoms with van der Waals surface area (Å²) in [7, 11) is 1.50. The number of carbonyl (C=O) groups excluding carboxylic acids is 1. The number of guanidine groups is 1. The number of phenols is 1. The Morgan fingerprint density at radius 2 is 2.00 bits per heavy atom. The highest BCUT2D eigenvalue weighted by Crippen LogP contribution is 2.42. The number of nitriles is 1. The van der Waals surface area contributed by atoms with Crippen LogP contribution in [0.3, 0.4) is 0 Å². The van der Waals surface area contributed by atoms with Crippen LogP contribution >= 0.6 is 0 Å². The minimum atomic E-state index is -1.57. The average molecular weight is 416 g/mol. The summed E-state index contributed by atoms with van der Waals surface area (Å²) in [4.78, 5) is 27.0. The monoisotopic (exact) mass is 416 g/mol. The molecule has 3 N–H and O–H groups in total. The van der Waals surface area contributed by atoms with Gasteiger partial charge in [-0.25, -0.2) is 9.38 Å². The Bertz CT molecular complexity index is 1270. The molecule has 0 saturated heterocycles. The molecule has 154 valence electrons. The van der Waals surface area contributed by atoms with E-state index in [1.165, 1.54) is 42.7 Å². The quantitative estimate of drug-likeness (QED) is 0.671. The van der Waals surface area contributed by atoms with Crippen molar-refractivity contribution in [2.45, 2.75) is 12.2 Å². The van der Waals surface area contributed by atoms with Crippen LogP contribution in [0.5, 0.6) is 5.75 Å². The van der Waals surface area contributed by atoms with Crippen molar-refractivity contribution in [3.05, 3.63) is 77.4 Å². The number of aromatic nitrogens is 2. The molecule has 0 bridgehead atoms. The molecule has 1 amide bonds. The second-order valence-corrected chi connectivity index (χ2v) is 7.02. The maximum atomic E-state index is 13.4. The number of nitrogens with zero attached hydrogens (tertiary/aromatic N) is 5. The lowest BCUT2D eigenvalue weighted by Crippen LogP contribution is -2.41. The summed E-state index contributed by atoms with van der Waals surface area (Å²) in [5.74, 6) is -0.487. The first-order valence-electron chi connectivity index (χ1n) is 9.24. The molecule has 2 aromatic heterocycles. The Morgan fingerprint density at radius 3 is 2.68 bits per heavy atom. The SMILES string of the molecule is CN1C(=O)C(c2ccnc(CF)c2)(c2ccc(O)c(-c3cncc(C#N)c3)c2)N=C1N. The van der Waals surface area contributed by atoms with Gasteiger partial charge in [0.2, 0.25) is 0 Å².